The van der Waals surface area contributed by atoms with Crippen molar-refractivity contribution in [2.45, 2.75) is 25.2 Å². The Morgan fingerprint density at radius 1 is 1.38 bits per heavy atom. The summed E-state index contributed by atoms with van der Waals surface area (Å²) in [7, 11) is 0. The second kappa shape index (κ2) is 9.83. The molecular weight excluding hydrogens is 431 g/mol. The van der Waals surface area contributed by atoms with Crippen LogP contribution in [0.3, 0.4) is 0 Å². The van der Waals surface area contributed by atoms with Crippen molar-refractivity contribution in [3.05, 3.63) is 51.9 Å². The number of hydrogen-bond acceptors (Lipinski definition) is 5. The number of amides is 2. The normalized spacial score (nSPS) is 14.3. The third-order valence-electron chi connectivity index (χ3n) is 5.55. The minimum atomic E-state index is -0.390. The van der Waals surface area contributed by atoms with Gasteiger partial charge in [-0.1, -0.05) is 5.92 Å². The summed E-state index contributed by atoms with van der Waals surface area (Å²) in [5.41, 5.74) is 2.21. The number of benzene rings is 1. The molecule has 2 amide bonds. The van der Waals surface area contributed by atoms with Crippen LogP contribution in [0.5, 0.6) is 0 Å². The molecule has 1 aliphatic rings. The molecule has 7 nitrogen and oxygen atoms in total. The number of rotatable bonds is 6. The van der Waals surface area contributed by atoms with E-state index in [0.29, 0.717) is 31.7 Å². The average Bonchev–Trinajstić information content (AvgIpc) is 3.45. The van der Waals surface area contributed by atoms with Gasteiger partial charge in [0, 0.05) is 48.0 Å². The lowest BCUT2D eigenvalue weighted by Gasteiger charge is -2.30. The van der Waals surface area contributed by atoms with E-state index in [9.17, 15) is 14.0 Å². The molecule has 1 aromatic carbocycles. The number of nitrogens with zero attached hydrogens (tertiary/aromatic N) is 2. The third kappa shape index (κ3) is 4.92. The van der Waals surface area contributed by atoms with Gasteiger partial charge in [0.1, 0.15) is 11.5 Å². The maximum atomic E-state index is 13.5. The van der Waals surface area contributed by atoms with E-state index in [0.717, 1.165) is 34.3 Å². The lowest BCUT2D eigenvalue weighted by Crippen LogP contribution is -2.38. The van der Waals surface area contributed by atoms with Crippen molar-refractivity contribution in [3.8, 4) is 12.3 Å². The van der Waals surface area contributed by atoms with E-state index < -0.39 is 6.09 Å². The number of piperidine rings is 1. The van der Waals surface area contributed by atoms with Gasteiger partial charge in [-0.2, -0.15) is 0 Å². The van der Waals surface area contributed by atoms with E-state index in [2.05, 4.69) is 21.2 Å². The Labute approximate surface area is 189 Å². The van der Waals surface area contributed by atoms with Crippen molar-refractivity contribution in [1.82, 2.24) is 20.2 Å². The monoisotopic (exact) mass is 454 g/mol. The Morgan fingerprint density at radius 3 is 2.97 bits per heavy atom. The summed E-state index contributed by atoms with van der Waals surface area (Å²) in [5.74, 6) is 1.98. The summed E-state index contributed by atoms with van der Waals surface area (Å²) < 4.78 is 18.5. The predicted octanol–water partition coefficient (Wildman–Crippen LogP) is 3.69. The summed E-state index contributed by atoms with van der Waals surface area (Å²) in [5, 5.41) is 6.38. The topological polar surface area (TPSA) is 87.3 Å². The average molecular weight is 455 g/mol. The maximum Gasteiger partial charge on any atom is 0.410 e. The van der Waals surface area contributed by atoms with Crippen LogP contribution in [0.25, 0.3) is 10.9 Å². The van der Waals surface area contributed by atoms with Crippen LogP contribution >= 0.6 is 11.3 Å². The van der Waals surface area contributed by atoms with Gasteiger partial charge >= 0.3 is 6.09 Å². The summed E-state index contributed by atoms with van der Waals surface area (Å²) in [4.78, 5) is 33.7. The second-order valence-electron chi connectivity index (χ2n) is 7.60. The molecule has 1 fully saturated rings. The highest BCUT2D eigenvalue weighted by molar-refractivity contribution is 7.09. The van der Waals surface area contributed by atoms with Crippen molar-refractivity contribution in [2.75, 3.05) is 26.2 Å². The zero-order chi connectivity index (χ0) is 22.5. The van der Waals surface area contributed by atoms with Gasteiger partial charge in [0.25, 0.3) is 5.91 Å². The van der Waals surface area contributed by atoms with Crippen LogP contribution in [0.15, 0.2) is 29.8 Å². The molecule has 0 aliphatic carbocycles. The number of thiazole rings is 1. The lowest BCUT2D eigenvalue weighted by atomic mass is 9.98. The number of aromatic amines is 1. The number of fused-ring (bicyclic) bond motifs is 1. The Hall–Kier alpha value is -3.38. The van der Waals surface area contributed by atoms with Crippen LogP contribution in [0.2, 0.25) is 0 Å². The molecule has 4 rings (SSSR count). The van der Waals surface area contributed by atoms with E-state index in [1.165, 1.54) is 23.5 Å². The standard InChI is InChI=1S/C23H23FN4O3S/c1-2-11-31-23(30)28-9-6-15(7-10-28)22-27-20(14-32-22)21(29)25-8-5-16-13-26-19-4-3-17(24)12-18(16)19/h1,3-4,12-15,26H,5-11H2,(H,25,29). The number of nitrogens with one attached hydrogen (secondary N) is 2. The quantitative estimate of drug-likeness (QED) is 0.556. The molecule has 2 N–H and O–H groups in total. The molecule has 166 valence electrons. The van der Waals surface area contributed by atoms with Gasteiger partial charge in [0.2, 0.25) is 0 Å². The number of halogens is 1. The number of aromatic nitrogens is 2. The SMILES string of the molecule is C#CCOC(=O)N1CCC(c2nc(C(=O)NCCc3c[nH]c4ccc(F)cc34)cs2)CC1. The smallest absolute Gasteiger partial charge is 0.410 e. The molecule has 2 aromatic heterocycles. The first-order valence-electron chi connectivity index (χ1n) is 10.4. The number of carbonyl (C=O) groups is 2. The molecule has 0 spiro atoms. The highest BCUT2D eigenvalue weighted by Crippen LogP contribution is 2.30. The Kier molecular flexibility index (Phi) is 6.71. The molecule has 1 saturated heterocycles. The summed E-state index contributed by atoms with van der Waals surface area (Å²) in [6.07, 6.45) is 8.67. The molecule has 0 atom stereocenters. The first-order valence-corrected chi connectivity index (χ1v) is 11.3. The summed E-state index contributed by atoms with van der Waals surface area (Å²) >= 11 is 1.46. The van der Waals surface area contributed by atoms with Crippen LogP contribution in [0.1, 0.15) is 39.8 Å². The molecular formula is C23H23FN4O3S. The van der Waals surface area contributed by atoms with Gasteiger partial charge in [0.15, 0.2) is 6.61 Å². The number of likely N-dealkylation sites (tertiary alicyclic amines) is 1. The fourth-order valence-corrected chi connectivity index (χ4v) is 4.81. The van der Waals surface area contributed by atoms with E-state index in [-0.39, 0.29) is 24.2 Å². The van der Waals surface area contributed by atoms with Crippen molar-refractivity contribution in [1.29, 1.82) is 0 Å². The molecule has 3 heterocycles. The van der Waals surface area contributed by atoms with Crippen LogP contribution in [0, 0.1) is 18.2 Å². The van der Waals surface area contributed by atoms with E-state index in [4.69, 9.17) is 11.2 Å². The van der Waals surface area contributed by atoms with Crippen LogP contribution in [0.4, 0.5) is 9.18 Å². The molecule has 0 bridgehead atoms. The number of H-pyrrole nitrogens is 1. The molecule has 0 saturated carbocycles. The van der Waals surface area contributed by atoms with Crippen LogP contribution in [-0.2, 0) is 11.2 Å². The van der Waals surface area contributed by atoms with E-state index >= 15 is 0 Å². The van der Waals surface area contributed by atoms with Gasteiger partial charge < -0.3 is 19.9 Å². The Morgan fingerprint density at radius 2 is 2.19 bits per heavy atom. The van der Waals surface area contributed by atoms with Crippen LogP contribution in [-0.4, -0.2) is 53.1 Å². The maximum absolute atomic E-state index is 13.5. The molecule has 9 heteroatoms. The largest absolute Gasteiger partial charge is 0.436 e. The third-order valence-corrected chi connectivity index (χ3v) is 6.55. The zero-order valence-electron chi connectivity index (χ0n) is 17.4. The Bertz CT molecular complexity index is 1160. The minimum absolute atomic E-state index is 0.0269. The summed E-state index contributed by atoms with van der Waals surface area (Å²) in [6.45, 7) is 1.54. The lowest BCUT2D eigenvalue weighted by molar-refractivity contribution is 0.0949. The van der Waals surface area contributed by atoms with E-state index in [1.54, 1.807) is 16.3 Å². The van der Waals surface area contributed by atoms with Gasteiger partial charge in [-0.15, -0.1) is 17.8 Å². The van der Waals surface area contributed by atoms with Gasteiger partial charge in [-0.05, 0) is 43.0 Å². The molecule has 0 radical (unpaired) electrons. The van der Waals surface area contributed by atoms with Crippen LogP contribution < -0.4 is 5.32 Å². The fourth-order valence-electron chi connectivity index (χ4n) is 3.84. The highest BCUT2D eigenvalue weighted by Gasteiger charge is 2.27. The molecule has 1 aliphatic heterocycles. The molecule has 0 unspecified atom stereocenters. The van der Waals surface area contributed by atoms with E-state index in [1.807, 2.05) is 6.20 Å². The fraction of sp³-hybridized carbons (Fsp3) is 0.348. The van der Waals surface area contributed by atoms with Crippen molar-refractivity contribution in [3.63, 3.8) is 0 Å². The Balaban J connectivity index is 1.27. The van der Waals surface area contributed by atoms with Gasteiger partial charge in [-0.25, -0.2) is 14.2 Å². The van der Waals surface area contributed by atoms with Gasteiger partial charge in [-0.3, -0.25) is 4.79 Å². The zero-order valence-corrected chi connectivity index (χ0v) is 18.2. The minimum Gasteiger partial charge on any atom is -0.436 e. The van der Waals surface area contributed by atoms with Crippen molar-refractivity contribution in [2.24, 2.45) is 0 Å². The second-order valence-corrected chi connectivity index (χ2v) is 8.49. The predicted molar refractivity (Wildman–Crippen MR) is 120 cm³/mol. The summed E-state index contributed by atoms with van der Waals surface area (Å²) in [6, 6.07) is 4.61. The highest BCUT2D eigenvalue weighted by atomic mass is 32.1. The number of ether oxygens (including phenoxy) is 1. The van der Waals surface area contributed by atoms with Crippen molar-refractivity contribution >= 4 is 34.2 Å². The van der Waals surface area contributed by atoms with Crippen molar-refractivity contribution < 1.29 is 18.7 Å². The number of terminal acetylenes is 1. The van der Waals surface area contributed by atoms with Gasteiger partial charge in [0.05, 0.1) is 5.01 Å². The molecule has 32 heavy (non-hydrogen) atoms. The first-order chi connectivity index (χ1) is 15.5. The number of hydrogen-bond donors (Lipinski definition) is 2. The first kappa shape index (κ1) is 21.8. The number of carbonyl (C=O) groups excluding carboxylic acids is 2. The molecule has 3 aromatic rings.